The highest BCUT2D eigenvalue weighted by Crippen LogP contribution is 2.05. The molecule has 0 aromatic carbocycles. The van der Waals surface area contributed by atoms with E-state index in [4.69, 9.17) is 0 Å². The number of nitrogens with one attached hydrogen (secondary N) is 1. The van der Waals surface area contributed by atoms with E-state index in [1.54, 1.807) is 6.92 Å². The minimum absolute atomic E-state index is 0.131. The molecule has 0 aromatic rings. The molecule has 5 heteroatoms. The highest BCUT2D eigenvalue weighted by atomic mass is 32.2. The van der Waals surface area contributed by atoms with Gasteiger partial charge in [0, 0.05) is 12.5 Å². The van der Waals surface area contributed by atoms with Crippen LogP contribution in [0.1, 0.15) is 40.5 Å². The normalized spacial score (nSPS) is 13.4. The highest BCUT2D eigenvalue weighted by Gasteiger charge is 2.05. The first kappa shape index (κ1) is 15.2. The Bertz CT molecular complexity index is 277. The van der Waals surface area contributed by atoms with E-state index in [9.17, 15) is 9.59 Å². The summed E-state index contributed by atoms with van der Waals surface area (Å²) in [6.07, 6.45) is 1.40. The van der Waals surface area contributed by atoms with Crippen LogP contribution in [0.5, 0.6) is 0 Å². The Morgan fingerprint density at radius 2 is 2.00 bits per heavy atom. The molecular weight excluding hydrogens is 224 g/mol. The lowest BCUT2D eigenvalue weighted by molar-refractivity contribution is -0.116. The van der Waals surface area contributed by atoms with Crippen LogP contribution in [0, 0.1) is 0 Å². The molecule has 0 bridgehead atoms. The fraction of sp³-hybridized carbons (Fsp3) is 0.727. The van der Waals surface area contributed by atoms with Gasteiger partial charge in [-0.2, -0.15) is 4.99 Å². The van der Waals surface area contributed by atoms with Crippen molar-refractivity contribution in [3.8, 4) is 0 Å². The summed E-state index contributed by atoms with van der Waals surface area (Å²) in [5.41, 5.74) is 0. The molecule has 0 rings (SSSR count). The van der Waals surface area contributed by atoms with Crippen molar-refractivity contribution < 1.29 is 9.59 Å². The van der Waals surface area contributed by atoms with Crippen LogP contribution in [-0.2, 0) is 4.79 Å². The molecule has 0 saturated carbocycles. The maximum Gasteiger partial charge on any atom is 0.341 e. The highest BCUT2D eigenvalue weighted by molar-refractivity contribution is 8.14. The van der Waals surface area contributed by atoms with Gasteiger partial charge < -0.3 is 5.32 Å². The number of Topliss-reactive ketones (excluding diaryl/α,β-unsaturated/α-hetero) is 1. The predicted octanol–water partition coefficient (Wildman–Crippen LogP) is 2.63. The molecule has 92 valence electrons. The lowest BCUT2D eigenvalue weighted by Crippen LogP contribution is -2.29. The Hall–Kier alpha value is -0.840. The molecular formula is C11H20N2O2S. The van der Waals surface area contributed by atoms with Crippen LogP contribution in [-0.4, -0.2) is 28.7 Å². The van der Waals surface area contributed by atoms with Gasteiger partial charge in [-0.25, -0.2) is 4.79 Å². The van der Waals surface area contributed by atoms with Crippen molar-refractivity contribution in [2.75, 3.05) is 5.75 Å². The molecule has 0 fully saturated rings. The standard InChI is InChI=1S/C11H20N2O2S/c1-5-8(3)12-11(15)13-9(4)16-7-10(14)6-2/h8H,5-7H2,1-4H3,(H,12,15)/b13-9-. The first-order valence-corrected chi connectivity index (χ1v) is 6.48. The number of amides is 2. The number of rotatable bonds is 5. The third kappa shape index (κ3) is 7.45. The van der Waals surface area contributed by atoms with Gasteiger partial charge in [-0.05, 0) is 20.3 Å². The lowest BCUT2D eigenvalue weighted by Gasteiger charge is -2.08. The summed E-state index contributed by atoms with van der Waals surface area (Å²) in [6.45, 7) is 7.49. The number of urea groups is 1. The first-order valence-electron chi connectivity index (χ1n) is 5.49. The minimum atomic E-state index is -0.330. The molecule has 1 N–H and O–H groups in total. The topological polar surface area (TPSA) is 58.5 Å². The van der Waals surface area contributed by atoms with Crippen molar-refractivity contribution in [3.63, 3.8) is 0 Å². The molecule has 0 heterocycles. The van der Waals surface area contributed by atoms with E-state index >= 15 is 0 Å². The van der Waals surface area contributed by atoms with Gasteiger partial charge in [0.2, 0.25) is 0 Å². The summed E-state index contributed by atoms with van der Waals surface area (Å²) >= 11 is 1.31. The van der Waals surface area contributed by atoms with E-state index in [-0.39, 0.29) is 17.9 Å². The van der Waals surface area contributed by atoms with Gasteiger partial charge >= 0.3 is 6.03 Å². The Labute approximate surface area is 101 Å². The van der Waals surface area contributed by atoms with Gasteiger partial charge in [-0.3, -0.25) is 4.79 Å². The molecule has 16 heavy (non-hydrogen) atoms. The fourth-order valence-electron chi connectivity index (χ4n) is 0.807. The van der Waals surface area contributed by atoms with Crippen LogP contribution >= 0.6 is 11.8 Å². The van der Waals surface area contributed by atoms with E-state index in [0.29, 0.717) is 17.2 Å². The Balaban J connectivity index is 4.01. The molecule has 4 nitrogen and oxygen atoms in total. The summed E-state index contributed by atoms with van der Waals surface area (Å²) in [7, 11) is 0. The number of ketones is 1. The van der Waals surface area contributed by atoms with E-state index < -0.39 is 0 Å². The number of thioether (sulfide) groups is 1. The number of aliphatic imine (C=N–C) groups is 1. The molecule has 1 atom stereocenters. The Kier molecular flexibility index (Phi) is 7.89. The molecule has 0 aliphatic heterocycles. The third-order valence-electron chi connectivity index (χ3n) is 2.08. The number of nitrogens with zero attached hydrogens (tertiary/aromatic N) is 1. The first-order chi connectivity index (χ1) is 7.49. The van der Waals surface area contributed by atoms with E-state index in [2.05, 4.69) is 10.3 Å². The zero-order valence-electron chi connectivity index (χ0n) is 10.4. The molecule has 0 aromatic heterocycles. The van der Waals surface area contributed by atoms with E-state index in [1.807, 2.05) is 20.8 Å². The summed E-state index contributed by atoms with van der Waals surface area (Å²) in [6, 6.07) is -0.199. The van der Waals surface area contributed by atoms with Crippen molar-refractivity contribution in [1.82, 2.24) is 5.32 Å². The van der Waals surface area contributed by atoms with Crippen molar-refractivity contribution in [2.45, 2.75) is 46.6 Å². The molecule has 0 radical (unpaired) electrons. The summed E-state index contributed by atoms with van der Waals surface area (Å²) in [5.74, 6) is 0.560. The van der Waals surface area contributed by atoms with Gasteiger partial charge in [-0.15, -0.1) is 11.8 Å². The van der Waals surface area contributed by atoms with Crippen LogP contribution in [0.4, 0.5) is 4.79 Å². The monoisotopic (exact) mass is 244 g/mol. The summed E-state index contributed by atoms with van der Waals surface area (Å²) < 4.78 is 0. The van der Waals surface area contributed by atoms with Crippen LogP contribution in [0.2, 0.25) is 0 Å². The van der Waals surface area contributed by atoms with Gasteiger partial charge in [-0.1, -0.05) is 13.8 Å². The minimum Gasteiger partial charge on any atom is -0.334 e. The van der Waals surface area contributed by atoms with Gasteiger partial charge in [0.1, 0.15) is 5.78 Å². The molecule has 0 aliphatic carbocycles. The van der Waals surface area contributed by atoms with Crippen molar-refractivity contribution in [3.05, 3.63) is 0 Å². The Morgan fingerprint density at radius 3 is 2.50 bits per heavy atom. The quantitative estimate of drug-likeness (QED) is 0.597. The molecule has 1 unspecified atom stereocenters. The van der Waals surface area contributed by atoms with Gasteiger partial charge in [0.05, 0.1) is 10.8 Å². The maximum absolute atomic E-state index is 11.3. The summed E-state index contributed by atoms with van der Waals surface area (Å²) in [5, 5.41) is 3.36. The van der Waals surface area contributed by atoms with Crippen molar-refractivity contribution >= 4 is 28.6 Å². The maximum atomic E-state index is 11.3. The Morgan fingerprint density at radius 1 is 1.38 bits per heavy atom. The lowest BCUT2D eigenvalue weighted by atomic mass is 10.3. The second-order valence-electron chi connectivity index (χ2n) is 3.57. The second kappa shape index (κ2) is 8.33. The van der Waals surface area contributed by atoms with Crippen LogP contribution < -0.4 is 5.32 Å². The van der Waals surface area contributed by atoms with Gasteiger partial charge in [0.15, 0.2) is 0 Å². The van der Waals surface area contributed by atoms with Gasteiger partial charge in [0.25, 0.3) is 0 Å². The van der Waals surface area contributed by atoms with Crippen molar-refractivity contribution in [1.29, 1.82) is 0 Å². The fourth-order valence-corrected chi connectivity index (χ4v) is 1.53. The van der Waals surface area contributed by atoms with Crippen LogP contribution in [0.3, 0.4) is 0 Å². The van der Waals surface area contributed by atoms with Crippen LogP contribution in [0.25, 0.3) is 0 Å². The number of carbonyl (C=O) groups excluding carboxylic acids is 2. The van der Waals surface area contributed by atoms with E-state index in [1.165, 1.54) is 11.8 Å². The molecule has 0 spiro atoms. The average molecular weight is 244 g/mol. The molecule has 2 amide bonds. The predicted molar refractivity (Wildman–Crippen MR) is 69.1 cm³/mol. The smallest absolute Gasteiger partial charge is 0.334 e. The average Bonchev–Trinajstić information content (AvgIpc) is 2.25. The second-order valence-corrected chi connectivity index (χ2v) is 4.74. The third-order valence-corrected chi connectivity index (χ3v) is 3.05. The van der Waals surface area contributed by atoms with Crippen LogP contribution in [0.15, 0.2) is 4.99 Å². The zero-order valence-corrected chi connectivity index (χ0v) is 11.2. The molecule has 0 aliphatic rings. The largest absolute Gasteiger partial charge is 0.341 e. The summed E-state index contributed by atoms with van der Waals surface area (Å²) in [4.78, 5) is 26.2. The van der Waals surface area contributed by atoms with Crippen molar-refractivity contribution in [2.24, 2.45) is 4.99 Å². The SMILES string of the molecule is CCC(=O)CS/C(C)=N\C(=O)NC(C)CC. The zero-order chi connectivity index (χ0) is 12.6. The van der Waals surface area contributed by atoms with E-state index in [0.717, 1.165) is 6.42 Å². The number of carbonyl (C=O) groups is 2. The number of hydrogen-bond donors (Lipinski definition) is 1. The number of hydrogen-bond acceptors (Lipinski definition) is 3. The molecule has 0 saturated heterocycles.